The molecule has 4 heteroatoms. The van der Waals surface area contributed by atoms with Crippen molar-refractivity contribution in [3.63, 3.8) is 0 Å². The Morgan fingerprint density at radius 3 is 2.71 bits per heavy atom. The van der Waals surface area contributed by atoms with Gasteiger partial charge in [0.2, 0.25) is 5.79 Å². The van der Waals surface area contributed by atoms with Crippen LogP contribution in [0.4, 0.5) is 0 Å². The summed E-state index contributed by atoms with van der Waals surface area (Å²) in [6.07, 6.45) is 0. The van der Waals surface area contributed by atoms with E-state index in [2.05, 4.69) is 35.0 Å². The predicted octanol–water partition coefficient (Wildman–Crippen LogP) is 3.26. The number of allylic oxidation sites excluding steroid dienone is 1. The minimum absolute atomic E-state index is 0.0230. The molecule has 0 spiro atoms. The number of hydrogen-bond acceptors (Lipinski definition) is 3. The zero-order valence-corrected chi connectivity index (χ0v) is 13.6. The lowest BCUT2D eigenvalue weighted by Gasteiger charge is -2.50. The molecular weight excluding hydrogens is 332 g/mol. The predicted molar refractivity (Wildman–Crippen MR) is 82.0 cm³/mol. The van der Waals surface area contributed by atoms with E-state index in [-0.39, 0.29) is 29.5 Å². The summed E-state index contributed by atoms with van der Waals surface area (Å²) in [6, 6.07) is 10.3. The molecule has 4 aliphatic rings. The Balaban J connectivity index is 1.91. The number of benzene rings is 1. The molecule has 0 unspecified atom stereocenters. The third kappa shape index (κ3) is 1.53. The van der Waals surface area contributed by atoms with Gasteiger partial charge in [0.15, 0.2) is 5.78 Å². The van der Waals surface area contributed by atoms with Crippen molar-refractivity contribution in [2.75, 3.05) is 13.7 Å². The fraction of sp³-hybridized carbons (Fsp3) is 0.471. The van der Waals surface area contributed by atoms with Crippen LogP contribution < -0.4 is 0 Å². The summed E-state index contributed by atoms with van der Waals surface area (Å²) in [7, 11) is 1.58. The van der Waals surface area contributed by atoms with Crippen LogP contribution in [0.25, 0.3) is 0 Å². The molecule has 0 amide bonds. The number of rotatable bonds is 2. The molecule has 1 heterocycles. The molecule has 1 aromatic rings. The van der Waals surface area contributed by atoms with Gasteiger partial charge in [0.1, 0.15) is 0 Å². The van der Waals surface area contributed by atoms with E-state index in [4.69, 9.17) is 9.47 Å². The highest BCUT2D eigenvalue weighted by Crippen LogP contribution is 2.63. The first-order valence-corrected chi connectivity index (χ1v) is 8.05. The average Bonchev–Trinajstić information content (AvgIpc) is 2.86. The molecular formula is C17H17BrO3. The molecule has 3 aliphatic carbocycles. The van der Waals surface area contributed by atoms with Crippen molar-refractivity contribution in [3.05, 3.63) is 46.0 Å². The van der Waals surface area contributed by atoms with Gasteiger partial charge in [-0.1, -0.05) is 51.8 Å². The first-order valence-electron chi connectivity index (χ1n) is 7.26. The second-order valence-corrected chi connectivity index (χ2v) is 6.99. The fourth-order valence-corrected chi connectivity index (χ4v) is 5.35. The van der Waals surface area contributed by atoms with E-state index < -0.39 is 5.79 Å². The minimum atomic E-state index is -1.07. The Bertz CT molecular complexity index is 639. The maximum Gasteiger partial charge on any atom is 0.237 e. The van der Waals surface area contributed by atoms with Gasteiger partial charge in [-0.05, 0) is 12.5 Å². The SMILES string of the molecule is CO[C@]12OC[C@@H]3[C@@H](c4ccccc4)[C@H](C1=O)C(C)=C(Br)[C@@H]32. The lowest BCUT2D eigenvalue weighted by molar-refractivity contribution is -0.216. The Kier molecular flexibility index (Phi) is 2.94. The molecule has 1 saturated heterocycles. The molecule has 0 aromatic heterocycles. The van der Waals surface area contributed by atoms with E-state index in [1.54, 1.807) is 7.11 Å². The quantitative estimate of drug-likeness (QED) is 0.822. The molecule has 110 valence electrons. The first-order chi connectivity index (χ1) is 10.1. The number of carbonyl (C=O) groups is 1. The Labute approximate surface area is 132 Å². The van der Waals surface area contributed by atoms with Crippen LogP contribution in [0.3, 0.4) is 0 Å². The van der Waals surface area contributed by atoms with Gasteiger partial charge in [0.25, 0.3) is 0 Å². The van der Waals surface area contributed by atoms with Crippen LogP contribution in [-0.4, -0.2) is 25.3 Å². The highest BCUT2D eigenvalue weighted by atomic mass is 79.9. The van der Waals surface area contributed by atoms with Crippen molar-refractivity contribution in [2.45, 2.75) is 18.6 Å². The Hall–Kier alpha value is -0.970. The molecule has 1 aromatic carbocycles. The topological polar surface area (TPSA) is 35.5 Å². The van der Waals surface area contributed by atoms with E-state index >= 15 is 0 Å². The molecule has 4 bridgehead atoms. The number of carbonyl (C=O) groups excluding carboxylic acids is 1. The lowest BCUT2D eigenvalue weighted by Crippen LogP contribution is -2.59. The summed E-state index contributed by atoms with van der Waals surface area (Å²) >= 11 is 3.70. The van der Waals surface area contributed by atoms with Crippen LogP contribution >= 0.6 is 15.9 Å². The number of Topliss-reactive ketones (excluding diaryl/α,β-unsaturated/α-hetero) is 1. The molecule has 1 aliphatic heterocycles. The monoisotopic (exact) mass is 348 g/mol. The minimum Gasteiger partial charge on any atom is -0.346 e. The normalized spacial score (nSPS) is 41.0. The number of methoxy groups -OCH3 is 1. The molecule has 2 fully saturated rings. The zero-order valence-electron chi connectivity index (χ0n) is 12.0. The highest BCUT2D eigenvalue weighted by molar-refractivity contribution is 9.11. The van der Waals surface area contributed by atoms with Crippen molar-refractivity contribution in [2.24, 2.45) is 17.8 Å². The molecule has 0 N–H and O–H groups in total. The van der Waals surface area contributed by atoms with Crippen molar-refractivity contribution in [1.29, 1.82) is 0 Å². The van der Waals surface area contributed by atoms with Gasteiger partial charge in [0, 0.05) is 23.4 Å². The van der Waals surface area contributed by atoms with Crippen LogP contribution in [0.1, 0.15) is 18.4 Å². The number of halogens is 1. The van der Waals surface area contributed by atoms with E-state index in [1.807, 2.05) is 18.2 Å². The third-order valence-electron chi connectivity index (χ3n) is 5.38. The summed E-state index contributed by atoms with van der Waals surface area (Å²) < 4.78 is 12.6. The van der Waals surface area contributed by atoms with Crippen molar-refractivity contribution in [3.8, 4) is 0 Å². The van der Waals surface area contributed by atoms with E-state index in [0.29, 0.717) is 6.61 Å². The van der Waals surface area contributed by atoms with Gasteiger partial charge in [-0.2, -0.15) is 0 Å². The van der Waals surface area contributed by atoms with Gasteiger partial charge in [-0.25, -0.2) is 0 Å². The van der Waals surface area contributed by atoms with Crippen molar-refractivity contribution in [1.82, 2.24) is 0 Å². The summed E-state index contributed by atoms with van der Waals surface area (Å²) in [5.74, 6) is -0.689. The van der Waals surface area contributed by atoms with Gasteiger partial charge in [-0.3, -0.25) is 4.79 Å². The van der Waals surface area contributed by atoms with Crippen molar-refractivity contribution < 1.29 is 14.3 Å². The van der Waals surface area contributed by atoms with Gasteiger partial charge in [0.05, 0.1) is 18.4 Å². The lowest BCUT2D eigenvalue weighted by atomic mass is 9.56. The molecule has 21 heavy (non-hydrogen) atoms. The van der Waals surface area contributed by atoms with Crippen LogP contribution in [0.15, 0.2) is 40.4 Å². The summed E-state index contributed by atoms with van der Waals surface area (Å²) in [4.78, 5) is 13.0. The molecule has 3 nitrogen and oxygen atoms in total. The van der Waals surface area contributed by atoms with E-state index in [0.717, 1.165) is 10.1 Å². The molecule has 5 atom stereocenters. The van der Waals surface area contributed by atoms with Crippen LogP contribution in [-0.2, 0) is 14.3 Å². The van der Waals surface area contributed by atoms with Gasteiger partial charge in [-0.15, -0.1) is 0 Å². The molecule has 5 rings (SSSR count). The third-order valence-corrected chi connectivity index (χ3v) is 6.50. The first kappa shape index (κ1) is 13.7. The second kappa shape index (κ2) is 4.51. The fourth-order valence-electron chi connectivity index (χ4n) is 4.47. The van der Waals surface area contributed by atoms with Crippen LogP contribution in [0, 0.1) is 17.8 Å². The largest absolute Gasteiger partial charge is 0.346 e. The smallest absolute Gasteiger partial charge is 0.237 e. The zero-order chi connectivity index (χ0) is 14.8. The molecule has 0 radical (unpaired) electrons. The standard InChI is InChI=1S/C17H17BrO3/c1-9-12-13(10-6-4-3-5-7-10)11-8-21-17(20-2,16(12)19)14(11)15(9)18/h3-7,11-14H,8H2,1-2H3/t11-,12-,13-,14-,17-/m1/s1. The Morgan fingerprint density at radius 1 is 1.33 bits per heavy atom. The Morgan fingerprint density at radius 2 is 2.05 bits per heavy atom. The van der Waals surface area contributed by atoms with Crippen molar-refractivity contribution >= 4 is 21.7 Å². The maximum atomic E-state index is 13.0. The summed E-state index contributed by atoms with van der Waals surface area (Å²) in [6.45, 7) is 2.62. The highest BCUT2D eigenvalue weighted by Gasteiger charge is 2.69. The maximum absolute atomic E-state index is 13.0. The average molecular weight is 349 g/mol. The van der Waals surface area contributed by atoms with Gasteiger partial charge < -0.3 is 9.47 Å². The molecule has 1 saturated carbocycles. The number of ketones is 1. The summed E-state index contributed by atoms with van der Waals surface area (Å²) in [5.41, 5.74) is 2.36. The summed E-state index contributed by atoms with van der Waals surface area (Å²) in [5, 5.41) is 0. The number of ether oxygens (including phenoxy) is 2. The van der Waals surface area contributed by atoms with Gasteiger partial charge >= 0.3 is 0 Å². The second-order valence-electron chi connectivity index (χ2n) is 6.13. The van der Waals surface area contributed by atoms with E-state index in [1.165, 1.54) is 5.56 Å². The van der Waals surface area contributed by atoms with E-state index in [9.17, 15) is 4.79 Å². The van der Waals surface area contributed by atoms with Crippen LogP contribution in [0.2, 0.25) is 0 Å². The number of hydrogen-bond donors (Lipinski definition) is 0. The van der Waals surface area contributed by atoms with Crippen LogP contribution in [0.5, 0.6) is 0 Å².